The Morgan fingerprint density at radius 2 is 2.17 bits per heavy atom. The number of hydrogen-bond donors (Lipinski definition) is 1. The first-order valence-electron chi connectivity index (χ1n) is 6.45. The fraction of sp³-hybridized carbons (Fsp3) is 0.538. The van der Waals surface area contributed by atoms with Crippen molar-refractivity contribution in [3.05, 3.63) is 18.3 Å². The molecule has 1 saturated heterocycles. The van der Waals surface area contributed by atoms with Gasteiger partial charge in [0, 0.05) is 32.6 Å². The molecule has 1 aromatic heterocycles. The van der Waals surface area contributed by atoms with Gasteiger partial charge in [0.05, 0.1) is 11.9 Å². The molecule has 0 aliphatic carbocycles. The highest BCUT2D eigenvalue weighted by Gasteiger charge is 2.18. The monoisotopic (exact) mass is 248 g/mol. The fourth-order valence-corrected chi connectivity index (χ4v) is 2.20. The summed E-state index contributed by atoms with van der Waals surface area (Å²) < 4.78 is 0. The van der Waals surface area contributed by atoms with Gasteiger partial charge in [-0.3, -0.25) is 4.79 Å². The van der Waals surface area contributed by atoms with Crippen molar-refractivity contribution in [1.29, 1.82) is 0 Å². The molecule has 5 nitrogen and oxygen atoms in total. The molecule has 1 aromatic rings. The Balaban J connectivity index is 2.00. The lowest BCUT2D eigenvalue weighted by molar-refractivity contribution is -0.130. The van der Waals surface area contributed by atoms with Crippen LogP contribution >= 0.6 is 0 Å². The van der Waals surface area contributed by atoms with E-state index < -0.39 is 0 Å². The van der Waals surface area contributed by atoms with Crippen molar-refractivity contribution in [2.75, 3.05) is 36.8 Å². The van der Waals surface area contributed by atoms with E-state index in [1.54, 1.807) is 6.20 Å². The molecule has 1 aliphatic rings. The number of aromatic nitrogens is 1. The molecule has 0 atom stereocenters. The van der Waals surface area contributed by atoms with Crippen LogP contribution in [0.5, 0.6) is 0 Å². The molecule has 0 unspecified atom stereocenters. The summed E-state index contributed by atoms with van der Waals surface area (Å²) in [6.45, 7) is 5.30. The number of nitrogens with zero attached hydrogens (tertiary/aromatic N) is 3. The second-order valence-corrected chi connectivity index (χ2v) is 4.52. The van der Waals surface area contributed by atoms with Crippen LogP contribution in [0.25, 0.3) is 0 Å². The SMILES string of the molecule is CCC(=O)N1CCCN(c2ccc(N)cn2)CC1. The van der Waals surface area contributed by atoms with Crippen molar-refractivity contribution in [2.45, 2.75) is 19.8 Å². The van der Waals surface area contributed by atoms with E-state index in [0.29, 0.717) is 12.1 Å². The Kier molecular flexibility index (Phi) is 4.02. The summed E-state index contributed by atoms with van der Waals surface area (Å²) in [7, 11) is 0. The Hall–Kier alpha value is -1.78. The highest BCUT2D eigenvalue weighted by atomic mass is 16.2. The summed E-state index contributed by atoms with van der Waals surface area (Å²) in [4.78, 5) is 20.2. The summed E-state index contributed by atoms with van der Waals surface area (Å²) in [5, 5.41) is 0. The molecule has 0 spiro atoms. The summed E-state index contributed by atoms with van der Waals surface area (Å²) >= 11 is 0. The molecule has 2 rings (SSSR count). The zero-order valence-electron chi connectivity index (χ0n) is 10.8. The maximum atomic E-state index is 11.7. The van der Waals surface area contributed by atoms with Crippen LogP contribution in [-0.4, -0.2) is 42.0 Å². The lowest BCUT2D eigenvalue weighted by Crippen LogP contribution is -2.34. The van der Waals surface area contributed by atoms with E-state index in [1.807, 2.05) is 24.0 Å². The lowest BCUT2D eigenvalue weighted by Gasteiger charge is -2.22. The van der Waals surface area contributed by atoms with Crippen molar-refractivity contribution < 1.29 is 4.79 Å². The quantitative estimate of drug-likeness (QED) is 0.851. The van der Waals surface area contributed by atoms with Gasteiger partial charge in [0.2, 0.25) is 5.91 Å². The molecule has 0 saturated carbocycles. The zero-order chi connectivity index (χ0) is 13.0. The molecule has 1 fully saturated rings. The minimum Gasteiger partial charge on any atom is -0.397 e. The summed E-state index contributed by atoms with van der Waals surface area (Å²) in [6, 6.07) is 3.80. The van der Waals surface area contributed by atoms with Crippen LogP contribution in [0, 0.1) is 0 Å². The third-order valence-electron chi connectivity index (χ3n) is 3.25. The second kappa shape index (κ2) is 5.71. The number of rotatable bonds is 2. The van der Waals surface area contributed by atoms with E-state index in [-0.39, 0.29) is 5.91 Å². The van der Waals surface area contributed by atoms with Gasteiger partial charge in [-0.25, -0.2) is 4.98 Å². The number of amides is 1. The van der Waals surface area contributed by atoms with Crippen LogP contribution in [-0.2, 0) is 4.79 Å². The van der Waals surface area contributed by atoms with Crippen molar-refractivity contribution in [1.82, 2.24) is 9.88 Å². The summed E-state index contributed by atoms with van der Waals surface area (Å²) in [5.74, 6) is 1.18. The van der Waals surface area contributed by atoms with Crippen LogP contribution in [0.3, 0.4) is 0 Å². The molecular weight excluding hydrogens is 228 g/mol. The highest BCUT2D eigenvalue weighted by molar-refractivity contribution is 5.75. The van der Waals surface area contributed by atoms with Crippen molar-refractivity contribution in [2.24, 2.45) is 0 Å². The highest BCUT2D eigenvalue weighted by Crippen LogP contribution is 2.15. The van der Waals surface area contributed by atoms with Gasteiger partial charge in [-0.1, -0.05) is 6.92 Å². The minimum atomic E-state index is 0.238. The maximum Gasteiger partial charge on any atom is 0.222 e. The number of hydrogen-bond acceptors (Lipinski definition) is 4. The van der Waals surface area contributed by atoms with E-state index in [9.17, 15) is 4.79 Å². The molecule has 0 aromatic carbocycles. The Bertz CT molecular complexity index is 404. The molecule has 1 aliphatic heterocycles. The molecule has 98 valence electrons. The van der Waals surface area contributed by atoms with Crippen LogP contribution in [0.4, 0.5) is 11.5 Å². The van der Waals surface area contributed by atoms with Gasteiger partial charge in [0.15, 0.2) is 0 Å². The predicted octanol–water partition coefficient (Wildman–Crippen LogP) is 1.11. The van der Waals surface area contributed by atoms with Gasteiger partial charge in [-0.05, 0) is 18.6 Å². The number of carbonyl (C=O) groups is 1. The van der Waals surface area contributed by atoms with E-state index in [4.69, 9.17) is 5.73 Å². The van der Waals surface area contributed by atoms with E-state index in [0.717, 1.165) is 38.4 Å². The lowest BCUT2D eigenvalue weighted by atomic mass is 10.3. The summed E-state index contributed by atoms with van der Waals surface area (Å²) in [5.41, 5.74) is 6.31. The normalized spacial score (nSPS) is 16.5. The van der Waals surface area contributed by atoms with Gasteiger partial charge in [-0.2, -0.15) is 0 Å². The van der Waals surface area contributed by atoms with Gasteiger partial charge < -0.3 is 15.5 Å². The van der Waals surface area contributed by atoms with Gasteiger partial charge >= 0.3 is 0 Å². The Morgan fingerprint density at radius 1 is 1.33 bits per heavy atom. The number of nitrogens with two attached hydrogens (primary N) is 1. The Labute approximate surface area is 108 Å². The van der Waals surface area contributed by atoms with Gasteiger partial charge in [0.1, 0.15) is 5.82 Å². The minimum absolute atomic E-state index is 0.238. The third kappa shape index (κ3) is 2.91. The van der Waals surface area contributed by atoms with Gasteiger partial charge in [0.25, 0.3) is 0 Å². The van der Waals surface area contributed by atoms with Gasteiger partial charge in [-0.15, -0.1) is 0 Å². The maximum absolute atomic E-state index is 11.7. The molecule has 5 heteroatoms. The van der Waals surface area contributed by atoms with Crippen molar-refractivity contribution in [3.8, 4) is 0 Å². The second-order valence-electron chi connectivity index (χ2n) is 4.52. The van der Waals surface area contributed by atoms with Crippen LogP contribution in [0.15, 0.2) is 18.3 Å². The number of pyridine rings is 1. The summed E-state index contributed by atoms with van der Waals surface area (Å²) in [6.07, 6.45) is 3.24. The molecule has 2 N–H and O–H groups in total. The van der Waals surface area contributed by atoms with E-state index in [1.165, 1.54) is 0 Å². The molecule has 2 heterocycles. The number of carbonyl (C=O) groups excluding carboxylic acids is 1. The molecule has 0 radical (unpaired) electrons. The van der Waals surface area contributed by atoms with Crippen LogP contribution in [0.2, 0.25) is 0 Å². The van der Waals surface area contributed by atoms with E-state index in [2.05, 4.69) is 9.88 Å². The average molecular weight is 248 g/mol. The van der Waals surface area contributed by atoms with Crippen molar-refractivity contribution >= 4 is 17.4 Å². The fourth-order valence-electron chi connectivity index (χ4n) is 2.20. The average Bonchev–Trinajstić information content (AvgIpc) is 2.64. The largest absolute Gasteiger partial charge is 0.397 e. The van der Waals surface area contributed by atoms with Crippen LogP contribution in [0.1, 0.15) is 19.8 Å². The topological polar surface area (TPSA) is 62.5 Å². The van der Waals surface area contributed by atoms with E-state index >= 15 is 0 Å². The predicted molar refractivity (Wildman–Crippen MR) is 72.4 cm³/mol. The van der Waals surface area contributed by atoms with Crippen molar-refractivity contribution in [3.63, 3.8) is 0 Å². The first-order chi connectivity index (χ1) is 8.70. The smallest absolute Gasteiger partial charge is 0.222 e. The number of anilines is 2. The molecule has 0 bridgehead atoms. The Morgan fingerprint density at radius 3 is 2.83 bits per heavy atom. The molecule has 1 amide bonds. The first-order valence-corrected chi connectivity index (χ1v) is 6.45. The van der Waals surface area contributed by atoms with Crippen LogP contribution < -0.4 is 10.6 Å². The molecule has 18 heavy (non-hydrogen) atoms. The molecular formula is C13H20N4O. The standard InChI is InChI=1S/C13H20N4O/c1-2-13(18)17-7-3-6-16(8-9-17)12-5-4-11(14)10-15-12/h4-5,10H,2-3,6-9,14H2,1H3. The third-order valence-corrected chi connectivity index (χ3v) is 3.25. The zero-order valence-corrected chi connectivity index (χ0v) is 10.8. The number of nitrogen functional groups attached to an aromatic ring is 1. The first kappa shape index (κ1) is 12.7.